The first kappa shape index (κ1) is 35.5. The molecular weight excluding hydrogens is 598 g/mol. The zero-order valence-corrected chi connectivity index (χ0v) is 28.2. The number of nitrogens with one attached hydrogen (secondary N) is 4. The molecule has 1 aromatic heterocycles. The van der Waals surface area contributed by atoms with Gasteiger partial charge in [0.25, 0.3) is 0 Å². The van der Waals surface area contributed by atoms with Gasteiger partial charge in [-0.05, 0) is 77.5 Å². The minimum absolute atomic E-state index is 0.0707. The van der Waals surface area contributed by atoms with Gasteiger partial charge in [0, 0.05) is 49.8 Å². The molecule has 1 saturated heterocycles. The van der Waals surface area contributed by atoms with E-state index in [1.807, 2.05) is 60.8 Å². The van der Waals surface area contributed by atoms with Crippen molar-refractivity contribution in [2.24, 2.45) is 0 Å². The SMILES string of the molecule is CC(C)(C)OC(=O)NC(C)(C)C(=O)N[C@H](Cc1c[nH]c2ccccc12)C(=O)N1CCC(C(=O)NCCCCO)(c2ccccc2)CC1. The number of fused-ring (bicyclic) bond motifs is 1. The molecule has 4 amide bonds. The Morgan fingerprint density at radius 2 is 1.62 bits per heavy atom. The van der Waals surface area contributed by atoms with Crippen molar-refractivity contribution in [2.75, 3.05) is 26.2 Å². The fraction of sp³-hybridized carbons (Fsp3) is 0.500. The number of alkyl carbamates (subject to hydrolysis) is 1. The van der Waals surface area contributed by atoms with Crippen molar-refractivity contribution in [3.8, 4) is 0 Å². The van der Waals surface area contributed by atoms with Crippen LogP contribution >= 0.6 is 0 Å². The van der Waals surface area contributed by atoms with E-state index in [2.05, 4.69) is 20.9 Å². The number of aromatic nitrogens is 1. The fourth-order valence-corrected chi connectivity index (χ4v) is 6.02. The number of carbonyl (C=O) groups excluding carboxylic acids is 4. The molecule has 5 N–H and O–H groups in total. The summed E-state index contributed by atoms with van der Waals surface area (Å²) in [6.07, 6.45) is 3.43. The van der Waals surface area contributed by atoms with Crippen LogP contribution in [0.5, 0.6) is 0 Å². The third-order valence-electron chi connectivity index (χ3n) is 8.64. The Labute approximate surface area is 276 Å². The third-order valence-corrected chi connectivity index (χ3v) is 8.64. The Hall–Kier alpha value is -4.38. The number of carbonyl (C=O) groups is 4. The Morgan fingerprint density at radius 1 is 0.957 bits per heavy atom. The predicted molar refractivity (Wildman–Crippen MR) is 181 cm³/mol. The highest BCUT2D eigenvalue weighted by atomic mass is 16.6. The van der Waals surface area contributed by atoms with E-state index in [9.17, 15) is 19.2 Å². The van der Waals surface area contributed by atoms with Crippen molar-refractivity contribution in [1.82, 2.24) is 25.8 Å². The summed E-state index contributed by atoms with van der Waals surface area (Å²) in [5, 5.41) is 18.7. The lowest BCUT2D eigenvalue weighted by Crippen LogP contribution is -2.61. The van der Waals surface area contributed by atoms with E-state index in [4.69, 9.17) is 9.84 Å². The highest BCUT2D eigenvalue weighted by Crippen LogP contribution is 2.36. The topological polar surface area (TPSA) is 153 Å². The van der Waals surface area contributed by atoms with E-state index in [1.54, 1.807) is 39.5 Å². The van der Waals surface area contributed by atoms with E-state index in [-0.39, 0.29) is 24.8 Å². The van der Waals surface area contributed by atoms with Gasteiger partial charge in [-0.2, -0.15) is 0 Å². The zero-order valence-electron chi connectivity index (χ0n) is 28.2. The van der Waals surface area contributed by atoms with Gasteiger partial charge in [0.05, 0.1) is 5.41 Å². The first-order chi connectivity index (χ1) is 22.3. The molecule has 1 fully saturated rings. The Kier molecular flexibility index (Phi) is 11.3. The molecule has 0 unspecified atom stereocenters. The summed E-state index contributed by atoms with van der Waals surface area (Å²) in [5.41, 5.74) is -0.251. The highest BCUT2D eigenvalue weighted by molar-refractivity contribution is 5.95. The number of hydrogen-bond donors (Lipinski definition) is 5. The van der Waals surface area contributed by atoms with Crippen LogP contribution in [0, 0.1) is 0 Å². The Bertz CT molecular complexity index is 1540. The van der Waals surface area contributed by atoms with Crippen LogP contribution in [0.3, 0.4) is 0 Å². The van der Waals surface area contributed by atoms with Crippen LogP contribution in [-0.4, -0.2) is 82.2 Å². The number of aliphatic hydroxyl groups is 1. The maximum absolute atomic E-state index is 14.3. The number of amides is 4. The molecule has 0 spiro atoms. The van der Waals surface area contributed by atoms with Crippen molar-refractivity contribution in [3.05, 3.63) is 71.9 Å². The number of piperidine rings is 1. The number of rotatable bonds is 12. The summed E-state index contributed by atoms with van der Waals surface area (Å²) in [6, 6.07) is 16.5. The van der Waals surface area contributed by atoms with Gasteiger partial charge in [-0.1, -0.05) is 48.5 Å². The quantitative estimate of drug-likeness (QED) is 0.188. The smallest absolute Gasteiger partial charge is 0.408 e. The van der Waals surface area contributed by atoms with Crippen molar-refractivity contribution >= 4 is 34.7 Å². The molecule has 0 bridgehead atoms. The second kappa shape index (κ2) is 15.0. The molecule has 0 aliphatic carbocycles. The van der Waals surface area contributed by atoms with Crippen LogP contribution in [-0.2, 0) is 31.0 Å². The summed E-state index contributed by atoms with van der Waals surface area (Å²) in [6.45, 7) is 9.51. The second-order valence-corrected chi connectivity index (χ2v) is 13.8. The Balaban J connectivity index is 1.55. The first-order valence-corrected chi connectivity index (χ1v) is 16.4. The van der Waals surface area contributed by atoms with Gasteiger partial charge >= 0.3 is 6.09 Å². The molecule has 0 saturated carbocycles. The van der Waals surface area contributed by atoms with Gasteiger partial charge in [0.15, 0.2) is 0 Å². The van der Waals surface area contributed by atoms with Crippen LogP contribution in [0.2, 0.25) is 0 Å². The minimum atomic E-state index is -1.38. The largest absolute Gasteiger partial charge is 0.444 e. The first-order valence-electron chi connectivity index (χ1n) is 16.4. The molecule has 1 atom stereocenters. The second-order valence-electron chi connectivity index (χ2n) is 13.8. The molecule has 3 aromatic rings. The summed E-state index contributed by atoms with van der Waals surface area (Å²) in [5.74, 6) is -0.881. The number of hydrogen-bond acceptors (Lipinski definition) is 6. The van der Waals surface area contributed by atoms with Gasteiger partial charge in [0.2, 0.25) is 17.7 Å². The normalized spacial score (nSPS) is 15.5. The molecule has 2 heterocycles. The molecule has 47 heavy (non-hydrogen) atoms. The highest BCUT2D eigenvalue weighted by Gasteiger charge is 2.45. The van der Waals surface area contributed by atoms with Gasteiger partial charge < -0.3 is 35.7 Å². The summed E-state index contributed by atoms with van der Waals surface area (Å²) in [4.78, 5) is 59.1. The van der Waals surface area contributed by atoms with Crippen molar-refractivity contribution in [1.29, 1.82) is 0 Å². The lowest BCUT2D eigenvalue weighted by molar-refractivity contribution is -0.141. The molecule has 11 nitrogen and oxygen atoms in total. The number of aliphatic hydroxyl groups excluding tert-OH is 1. The fourth-order valence-electron chi connectivity index (χ4n) is 6.02. The van der Waals surface area contributed by atoms with Crippen LogP contribution in [0.4, 0.5) is 4.79 Å². The number of ether oxygens (including phenoxy) is 1. The molecule has 0 radical (unpaired) electrons. The molecule has 1 aliphatic heterocycles. The lowest BCUT2D eigenvalue weighted by atomic mass is 9.71. The standard InChI is InChI=1S/C36H49N5O6/c1-34(2,3)47-33(46)40-35(4,5)31(44)39-29(23-25-24-38-28-16-10-9-15-27(25)28)30(43)41-20-17-36(18-21-41,26-13-7-6-8-14-26)32(45)37-19-11-12-22-42/h6-10,13-16,24,29,38,42H,11-12,17-23H2,1-5H3,(H,37,45)(H,39,44)(H,40,46)/t29-/m1/s1. The number of unbranched alkanes of at least 4 members (excludes halogenated alkanes) is 1. The number of likely N-dealkylation sites (tertiary alicyclic amines) is 1. The number of para-hydroxylation sites is 1. The van der Waals surface area contributed by atoms with Crippen LogP contribution in [0.15, 0.2) is 60.8 Å². The number of benzene rings is 2. The molecule has 11 heteroatoms. The summed E-state index contributed by atoms with van der Waals surface area (Å²) < 4.78 is 5.36. The third kappa shape index (κ3) is 8.91. The minimum Gasteiger partial charge on any atom is -0.444 e. The molecule has 2 aromatic carbocycles. The maximum Gasteiger partial charge on any atom is 0.408 e. The van der Waals surface area contributed by atoms with Crippen LogP contribution < -0.4 is 16.0 Å². The number of H-pyrrole nitrogens is 1. The molecule has 254 valence electrons. The number of aromatic amines is 1. The average molecular weight is 648 g/mol. The predicted octanol–water partition coefficient (Wildman–Crippen LogP) is 3.95. The van der Waals surface area contributed by atoms with Gasteiger partial charge in [-0.3, -0.25) is 14.4 Å². The molecular formula is C36H49N5O6. The lowest BCUT2D eigenvalue weighted by Gasteiger charge is -2.42. The summed E-state index contributed by atoms with van der Waals surface area (Å²) >= 11 is 0. The Morgan fingerprint density at radius 3 is 2.28 bits per heavy atom. The van der Waals surface area contributed by atoms with E-state index < -0.39 is 34.6 Å². The zero-order chi connectivity index (χ0) is 34.2. The van der Waals surface area contributed by atoms with E-state index in [0.717, 1.165) is 22.0 Å². The van der Waals surface area contributed by atoms with Crippen molar-refractivity contribution in [2.45, 2.75) is 89.3 Å². The van der Waals surface area contributed by atoms with Gasteiger partial charge in [-0.25, -0.2) is 4.79 Å². The van der Waals surface area contributed by atoms with Crippen molar-refractivity contribution < 1.29 is 29.0 Å². The maximum atomic E-state index is 14.3. The number of nitrogens with zero attached hydrogens (tertiary/aromatic N) is 1. The van der Waals surface area contributed by atoms with Crippen LogP contribution in [0.1, 0.15) is 71.4 Å². The van der Waals surface area contributed by atoms with Crippen molar-refractivity contribution in [3.63, 3.8) is 0 Å². The van der Waals surface area contributed by atoms with E-state index in [0.29, 0.717) is 45.3 Å². The monoisotopic (exact) mass is 647 g/mol. The van der Waals surface area contributed by atoms with E-state index in [1.165, 1.54) is 0 Å². The molecule has 4 rings (SSSR count). The van der Waals surface area contributed by atoms with Gasteiger partial charge in [-0.15, -0.1) is 0 Å². The average Bonchev–Trinajstić information content (AvgIpc) is 3.44. The summed E-state index contributed by atoms with van der Waals surface area (Å²) in [7, 11) is 0. The van der Waals surface area contributed by atoms with E-state index >= 15 is 0 Å². The van der Waals surface area contributed by atoms with Gasteiger partial charge in [0.1, 0.15) is 17.2 Å². The van der Waals surface area contributed by atoms with Crippen LogP contribution in [0.25, 0.3) is 10.9 Å². The molecule has 1 aliphatic rings.